The largest absolute Gasteiger partial charge is 0.348 e. The van der Waals surface area contributed by atoms with E-state index in [1.54, 1.807) is 6.07 Å². The second-order valence-electron chi connectivity index (χ2n) is 5.54. The Morgan fingerprint density at radius 3 is 2.55 bits per heavy atom. The van der Waals surface area contributed by atoms with E-state index in [9.17, 15) is 9.59 Å². The lowest BCUT2D eigenvalue weighted by molar-refractivity contribution is -0.136. The van der Waals surface area contributed by atoms with Gasteiger partial charge in [0.2, 0.25) is 0 Å². The van der Waals surface area contributed by atoms with Crippen molar-refractivity contribution in [2.45, 2.75) is 46.5 Å². The fourth-order valence-electron chi connectivity index (χ4n) is 2.21. The van der Waals surface area contributed by atoms with Gasteiger partial charge < -0.3 is 10.6 Å². The van der Waals surface area contributed by atoms with Crippen LogP contribution in [0.25, 0.3) is 0 Å². The van der Waals surface area contributed by atoms with Crippen LogP contribution >= 0.6 is 15.9 Å². The molecule has 0 spiro atoms. The molecule has 0 aromatic heterocycles. The van der Waals surface area contributed by atoms with E-state index in [4.69, 9.17) is 0 Å². The third kappa shape index (κ3) is 6.18. The number of nitrogens with one attached hydrogen (secondary N) is 2. The van der Waals surface area contributed by atoms with Crippen LogP contribution in [0.1, 0.15) is 45.1 Å². The number of amides is 2. The molecule has 0 aliphatic carbocycles. The first kappa shape index (κ1) is 18.7. The summed E-state index contributed by atoms with van der Waals surface area (Å²) >= 11 is 3.37. The average molecular weight is 369 g/mol. The summed E-state index contributed by atoms with van der Waals surface area (Å²) in [4.78, 5) is 23.8. The van der Waals surface area contributed by atoms with E-state index in [1.807, 2.05) is 19.1 Å². The number of aryl methyl sites for hydroxylation is 1. The first-order valence-electron chi connectivity index (χ1n) is 7.83. The Hall–Kier alpha value is -1.36. The zero-order valence-electron chi connectivity index (χ0n) is 13.5. The number of unbranched alkanes of at least 4 members (excludes halogenated alkanes) is 1. The molecule has 0 bridgehead atoms. The second kappa shape index (κ2) is 9.62. The summed E-state index contributed by atoms with van der Waals surface area (Å²) in [7, 11) is 0. The van der Waals surface area contributed by atoms with Crippen molar-refractivity contribution in [3.05, 3.63) is 28.2 Å². The molecule has 2 N–H and O–H groups in total. The van der Waals surface area contributed by atoms with E-state index < -0.39 is 11.8 Å². The van der Waals surface area contributed by atoms with E-state index in [-0.39, 0.29) is 0 Å². The Bertz CT molecular complexity index is 517. The highest BCUT2D eigenvalue weighted by Gasteiger charge is 2.16. The minimum Gasteiger partial charge on any atom is -0.348 e. The van der Waals surface area contributed by atoms with Crippen LogP contribution in [0.4, 0.5) is 5.69 Å². The van der Waals surface area contributed by atoms with Gasteiger partial charge in [-0.05, 0) is 43.0 Å². The Morgan fingerprint density at radius 2 is 1.95 bits per heavy atom. The highest BCUT2D eigenvalue weighted by molar-refractivity contribution is 9.10. The van der Waals surface area contributed by atoms with Gasteiger partial charge in [0, 0.05) is 16.7 Å². The predicted molar refractivity (Wildman–Crippen MR) is 93.8 cm³/mol. The van der Waals surface area contributed by atoms with Crippen LogP contribution in [-0.4, -0.2) is 18.4 Å². The first-order valence-corrected chi connectivity index (χ1v) is 8.62. The van der Waals surface area contributed by atoms with E-state index in [0.717, 1.165) is 35.7 Å². The Morgan fingerprint density at radius 1 is 1.23 bits per heavy atom. The number of halogens is 1. The van der Waals surface area contributed by atoms with Crippen LogP contribution < -0.4 is 10.6 Å². The molecule has 0 aliphatic heterocycles. The lowest BCUT2D eigenvalue weighted by Crippen LogP contribution is -2.38. The zero-order chi connectivity index (χ0) is 16.5. The minimum absolute atomic E-state index is 0.436. The van der Waals surface area contributed by atoms with Crippen molar-refractivity contribution in [1.29, 1.82) is 0 Å². The van der Waals surface area contributed by atoms with Crippen molar-refractivity contribution >= 4 is 33.4 Å². The molecule has 1 rings (SSSR count). The molecule has 0 saturated heterocycles. The molecular formula is C17H25BrN2O2. The smallest absolute Gasteiger partial charge is 0.313 e. The van der Waals surface area contributed by atoms with Crippen LogP contribution in [0.3, 0.4) is 0 Å². The molecule has 122 valence electrons. The highest BCUT2D eigenvalue weighted by atomic mass is 79.9. The molecule has 0 heterocycles. The molecule has 5 heteroatoms. The van der Waals surface area contributed by atoms with Crippen LogP contribution in [-0.2, 0) is 9.59 Å². The topological polar surface area (TPSA) is 58.2 Å². The van der Waals surface area contributed by atoms with Crippen molar-refractivity contribution in [2.24, 2.45) is 5.92 Å². The monoisotopic (exact) mass is 368 g/mol. The maximum atomic E-state index is 11.9. The third-order valence-electron chi connectivity index (χ3n) is 3.74. The van der Waals surface area contributed by atoms with Gasteiger partial charge in [0.1, 0.15) is 0 Å². The van der Waals surface area contributed by atoms with Gasteiger partial charge in [-0.25, -0.2) is 0 Å². The maximum Gasteiger partial charge on any atom is 0.313 e. The Kier molecular flexibility index (Phi) is 8.17. The molecule has 1 aromatic carbocycles. The number of rotatable bonds is 7. The van der Waals surface area contributed by atoms with E-state index in [2.05, 4.69) is 40.4 Å². The van der Waals surface area contributed by atoms with Gasteiger partial charge in [0.05, 0.1) is 0 Å². The predicted octanol–water partition coefficient (Wildman–Crippen LogP) is 4.03. The second-order valence-corrected chi connectivity index (χ2v) is 6.46. The number of benzene rings is 1. The lowest BCUT2D eigenvalue weighted by Gasteiger charge is -2.15. The zero-order valence-corrected chi connectivity index (χ0v) is 15.1. The van der Waals surface area contributed by atoms with Gasteiger partial charge in [0.25, 0.3) is 0 Å². The van der Waals surface area contributed by atoms with E-state index in [1.165, 1.54) is 0 Å². The molecule has 0 saturated carbocycles. The summed E-state index contributed by atoms with van der Waals surface area (Å²) in [5, 5.41) is 5.38. The molecule has 2 amide bonds. The van der Waals surface area contributed by atoms with Gasteiger partial charge in [0.15, 0.2) is 0 Å². The Labute approximate surface area is 141 Å². The number of hydrogen-bond acceptors (Lipinski definition) is 2. The van der Waals surface area contributed by atoms with Crippen molar-refractivity contribution in [2.75, 3.05) is 11.9 Å². The van der Waals surface area contributed by atoms with Gasteiger partial charge in [-0.15, -0.1) is 0 Å². The van der Waals surface area contributed by atoms with Crippen molar-refractivity contribution in [3.63, 3.8) is 0 Å². The molecule has 22 heavy (non-hydrogen) atoms. The quantitative estimate of drug-likeness (QED) is 0.713. The summed E-state index contributed by atoms with van der Waals surface area (Å²) in [5.41, 5.74) is 1.56. The third-order valence-corrected chi connectivity index (χ3v) is 4.23. The normalized spacial score (nSPS) is 11.8. The van der Waals surface area contributed by atoms with Gasteiger partial charge in [-0.2, -0.15) is 0 Å². The number of carbonyl (C=O) groups excluding carboxylic acids is 2. The minimum atomic E-state index is -0.615. The molecule has 1 aromatic rings. The van der Waals surface area contributed by atoms with Crippen molar-refractivity contribution in [3.8, 4) is 0 Å². The van der Waals surface area contributed by atoms with Gasteiger partial charge in [-0.3, -0.25) is 9.59 Å². The molecule has 0 aliphatic rings. The standard InChI is InChI=1S/C17H25BrN2O2/c1-4-6-7-13(5-2)11-19-16(21)17(22)20-15-9-8-14(18)10-12(15)3/h8-10,13H,4-7,11H2,1-3H3,(H,19,21)(H,20,22)/t13-/m0/s1. The molecular weight excluding hydrogens is 344 g/mol. The van der Waals surface area contributed by atoms with Crippen LogP contribution in [0.2, 0.25) is 0 Å². The maximum absolute atomic E-state index is 11.9. The summed E-state index contributed by atoms with van der Waals surface area (Å²) in [6.07, 6.45) is 4.39. The number of hydrogen-bond donors (Lipinski definition) is 2. The fourth-order valence-corrected chi connectivity index (χ4v) is 2.68. The summed E-state index contributed by atoms with van der Waals surface area (Å²) < 4.78 is 0.939. The average Bonchev–Trinajstić information content (AvgIpc) is 2.49. The number of anilines is 1. The molecule has 0 unspecified atom stereocenters. The molecule has 1 atom stereocenters. The highest BCUT2D eigenvalue weighted by Crippen LogP contribution is 2.19. The SMILES string of the molecule is CCCC[C@H](CC)CNC(=O)C(=O)Nc1ccc(Br)cc1C. The van der Waals surface area contributed by atoms with E-state index >= 15 is 0 Å². The molecule has 0 fully saturated rings. The van der Waals surface area contributed by atoms with E-state index in [0.29, 0.717) is 18.2 Å². The lowest BCUT2D eigenvalue weighted by atomic mass is 9.99. The summed E-state index contributed by atoms with van der Waals surface area (Å²) in [6.45, 7) is 6.70. The van der Waals surface area contributed by atoms with Gasteiger partial charge >= 0.3 is 11.8 Å². The number of carbonyl (C=O) groups is 2. The van der Waals surface area contributed by atoms with Crippen LogP contribution in [0.5, 0.6) is 0 Å². The first-order chi connectivity index (χ1) is 10.5. The van der Waals surface area contributed by atoms with Crippen LogP contribution in [0.15, 0.2) is 22.7 Å². The van der Waals surface area contributed by atoms with Crippen molar-refractivity contribution < 1.29 is 9.59 Å². The van der Waals surface area contributed by atoms with Crippen molar-refractivity contribution in [1.82, 2.24) is 5.32 Å². The molecule has 0 radical (unpaired) electrons. The summed E-state index contributed by atoms with van der Waals surface area (Å²) in [6, 6.07) is 5.50. The fraction of sp³-hybridized carbons (Fsp3) is 0.529. The van der Waals surface area contributed by atoms with Gasteiger partial charge in [-0.1, -0.05) is 49.0 Å². The van der Waals surface area contributed by atoms with Crippen LogP contribution in [0, 0.1) is 12.8 Å². The summed E-state index contributed by atoms with van der Waals surface area (Å²) in [5.74, 6) is -0.751. The molecule has 4 nitrogen and oxygen atoms in total. The Balaban J connectivity index is 2.49.